The first-order valence-corrected chi connectivity index (χ1v) is 8.72. The van der Waals surface area contributed by atoms with E-state index < -0.39 is 12.1 Å². The zero-order valence-electron chi connectivity index (χ0n) is 14.1. The Morgan fingerprint density at radius 3 is 2.71 bits per heavy atom. The normalized spacial score (nSPS) is 21.6. The van der Waals surface area contributed by atoms with Crippen molar-refractivity contribution >= 4 is 23.5 Å². The van der Waals surface area contributed by atoms with Gasteiger partial charge in [-0.3, -0.25) is 4.79 Å². The summed E-state index contributed by atoms with van der Waals surface area (Å²) in [7, 11) is 0. The molecule has 1 N–H and O–H groups in total. The van der Waals surface area contributed by atoms with Crippen molar-refractivity contribution in [2.75, 3.05) is 6.61 Å². The third-order valence-corrected chi connectivity index (χ3v) is 4.61. The van der Waals surface area contributed by atoms with Crippen molar-refractivity contribution in [1.29, 1.82) is 0 Å². The molecular weight excluding hydrogens is 330 g/mol. The van der Waals surface area contributed by atoms with Crippen LogP contribution < -0.4 is 10.1 Å². The van der Waals surface area contributed by atoms with Gasteiger partial charge in [0.1, 0.15) is 5.75 Å². The van der Waals surface area contributed by atoms with Crippen LogP contribution in [-0.4, -0.2) is 30.6 Å². The monoisotopic (exact) mass is 353 g/mol. The van der Waals surface area contributed by atoms with E-state index in [1.54, 1.807) is 31.2 Å². The minimum Gasteiger partial charge on any atom is -0.480 e. The van der Waals surface area contributed by atoms with Crippen LogP contribution in [0.3, 0.4) is 0 Å². The molecule has 2 rings (SSSR count). The van der Waals surface area contributed by atoms with Crippen LogP contribution in [0.25, 0.3) is 0 Å². The number of carbonyl (C=O) groups is 2. The van der Waals surface area contributed by atoms with Crippen molar-refractivity contribution in [2.24, 2.45) is 5.92 Å². The molecule has 1 aliphatic rings. The molecule has 1 aromatic carbocycles. The Kier molecular flexibility index (Phi) is 6.91. The molecule has 0 heterocycles. The maximum absolute atomic E-state index is 12.2. The number of carbonyl (C=O) groups excluding carboxylic acids is 2. The Labute approximate surface area is 147 Å². The second-order valence-corrected chi connectivity index (χ2v) is 6.64. The molecule has 132 valence electrons. The van der Waals surface area contributed by atoms with Crippen LogP contribution in [0.2, 0.25) is 5.02 Å². The van der Waals surface area contributed by atoms with Gasteiger partial charge in [-0.05, 0) is 37.8 Å². The Morgan fingerprint density at radius 1 is 1.29 bits per heavy atom. The highest BCUT2D eigenvalue weighted by molar-refractivity contribution is 6.32. The third kappa shape index (κ3) is 5.41. The molecule has 1 saturated carbocycles. The number of nitrogens with one attached hydrogen (secondary N) is 1. The van der Waals surface area contributed by atoms with Crippen LogP contribution in [0.5, 0.6) is 5.75 Å². The lowest BCUT2D eigenvalue weighted by atomic mass is 9.86. The van der Waals surface area contributed by atoms with E-state index in [-0.39, 0.29) is 18.6 Å². The minimum atomic E-state index is -0.846. The molecule has 0 bridgehead atoms. The number of hydrogen-bond donors (Lipinski definition) is 1. The van der Waals surface area contributed by atoms with E-state index in [1.165, 1.54) is 6.42 Å². The van der Waals surface area contributed by atoms with Gasteiger partial charge in [0.15, 0.2) is 12.7 Å². The summed E-state index contributed by atoms with van der Waals surface area (Å²) in [4.78, 5) is 24.0. The zero-order valence-corrected chi connectivity index (χ0v) is 14.8. The summed E-state index contributed by atoms with van der Waals surface area (Å²) in [5.41, 5.74) is 0. The van der Waals surface area contributed by atoms with Crippen LogP contribution in [0.15, 0.2) is 24.3 Å². The molecule has 6 heteroatoms. The van der Waals surface area contributed by atoms with Gasteiger partial charge in [0.2, 0.25) is 0 Å². The second-order valence-electron chi connectivity index (χ2n) is 6.23. The standard InChI is InChI=1S/C18H24ClNO4/c1-12-7-3-5-9-15(12)20-18(22)13(2)24-17(21)11-23-16-10-6-4-8-14(16)19/h4,6,8,10,12-13,15H,3,5,7,9,11H2,1-2H3,(H,20,22)/t12-,13-,15+/m1/s1. The van der Waals surface area contributed by atoms with E-state index in [0.717, 1.165) is 19.3 Å². The van der Waals surface area contributed by atoms with Crippen molar-refractivity contribution in [3.63, 3.8) is 0 Å². The number of rotatable bonds is 6. The highest BCUT2D eigenvalue weighted by Crippen LogP contribution is 2.24. The van der Waals surface area contributed by atoms with Crippen molar-refractivity contribution in [1.82, 2.24) is 5.32 Å². The smallest absolute Gasteiger partial charge is 0.344 e. The van der Waals surface area contributed by atoms with Gasteiger partial charge >= 0.3 is 5.97 Å². The van der Waals surface area contributed by atoms with Gasteiger partial charge < -0.3 is 14.8 Å². The number of ether oxygens (including phenoxy) is 2. The number of benzene rings is 1. The summed E-state index contributed by atoms with van der Waals surface area (Å²) in [5.74, 6) is -0.00693. The molecule has 1 aromatic rings. The van der Waals surface area contributed by atoms with Crippen molar-refractivity contribution in [3.05, 3.63) is 29.3 Å². The molecule has 0 aliphatic heterocycles. The topological polar surface area (TPSA) is 64.6 Å². The molecule has 0 spiro atoms. The summed E-state index contributed by atoms with van der Waals surface area (Å²) < 4.78 is 10.4. The Bertz CT molecular complexity index is 578. The first kappa shape index (κ1) is 18.6. The van der Waals surface area contributed by atoms with Crippen LogP contribution in [-0.2, 0) is 14.3 Å². The van der Waals surface area contributed by atoms with Gasteiger partial charge in [-0.25, -0.2) is 4.79 Å². The van der Waals surface area contributed by atoms with E-state index in [4.69, 9.17) is 21.1 Å². The van der Waals surface area contributed by atoms with E-state index in [0.29, 0.717) is 16.7 Å². The molecule has 24 heavy (non-hydrogen) atoms. The van der Waals surface area contributed by atoms with E-state index in [1.807, 2.05) is 0 Å². The zero-order chi connectivity index (χ0) is 17.5. The lowest BCUT2D eigenvalue weighted by Gasteiger charge is -2.30. The molecule has 0 unspecified atom stereocenters. The largest absolute Gasteiger partial charge is 0.480 e. The first-order valence-electron chi connectivity index (χ1n) is 8.34. The Balaban J connectivity index is 1.76. The third-order valence-electron chi connectivity index (χ3n) is 4.30. The van der Waals surface area contributed by atoms with Crippen molar-refractivity contribution < 1.29 is 19.1 Å². The predicted molar refractivity (Wildman–Crippen MR) is 92.1 cm³/mol. The maximum Gasteiger partial charge on any atom is 0.344 e. The molecule has 1 aliphatic carbocycles. The van der Waals surface area contributed by atoms with Gasteiger partial charge in [0.25, 0.3) is 5.91 Å². The Morgan fingerprint density at radius 2 is 2.00 bits per heavy atom. The van der Waals surface area contributed by atoms with E-state index >= 15 is 0 Å². The fourth-order valence-electron chi connectivity index (χ4n) is 2.81. The lowest BCUT2D eigenvalue weighted by Crippen LogP contribution is -2.46. The molecule has 1 fully saturated rings. The van der Waals surface area contributed by atoms with Gasteiger partial charge in [0.05, 0.1) is 5.02 Å². The average molecular weight is 354 g/mol. The molecule has 5 nitrogen and oxygen atoms in total. The lowest BCUT2D eigenvalue weighted by molar-refractivity contribution is -0.157. The summed E-state index contributed by atoms with van der Waals surface area (Å²) in [5, 5.41) is 3.40. The highest BCUT2D eigenvalue weighted by Gasteiger charge is 2.26. The summed E-state index contributed by atoms with van der Waals surface area (Å²) in [6.45, 7) is 3.41. The molecule has 0 aromatic heterocycles. The number of esters is 1. The maximum atomic E-state index is 12.2. The van der Waals surface area contributed by atoms with Crippen molar-refractivity contribution in [2.45, 2.75) is 51.7 Å². The van der Waals surface area contributed by atoms with Gasteiger partial charge in [-0.2, -0.15) is 0 Å². The highest BCUT2D eigenvalue weighted by atomic mass is 35.5. The number of para-hydroxylation sites is 1. The fourth-order valence-corrected chi connectivity index (χ4v) is 3.00. The summed E-state index contributed by atoms with van der Waals surface area (Å²) in [6.07, 6.45) is 3.57. The number of halogens is 1. The van der Waals surface area contributed by atoms with Crippen LogP contribution in [0, 0.1) is 5.92 Å². The summed E-state index contributed by atoms with van der Waals surface area (Å²) in [6, 6.07) is 7.02. The van der Waals surface area contributed by atoms with Gasteiger partial charge in [-0.1, -0.05) is 43.5 Å². The van der Waals surface area contributed by atoms with Crippen LogP contribution in [0.1, 0.15) is 39.5 Å². The van der Waals surface area contributed by atoms with Gasteiger partial charge in [-0.15, -0.1) is 0 Å². The molecule has 3 atom stereocenters. The van der Waals surface area contributed by atoms with E-state index in [2.05, 4.69) is 12.2 Å². The van der Waals surface area contributed by atoms with Crippen LogP contribution >= 0.6 is 11.6 Å². The predicted octanol–water partition coefficient (Wildman–Crippen LogP) is 3.35. The molecular formula is C18H24ClNO4. The SMILES string of the molecule is C[C@@H]1CCCC[C@@H]1NC(=O)[C@@H](C)OC(=O)COc1ccccc1Cl. The minimum absolute atomic E-state index is 0.159. The van der Waals surface area contributed by atoms with Crippen LogP contribution in [0.4, 0.5) is 0 Å². The van der Waals surface area contributed by atoms with E-state index in [9.17, 15) is 9.59 Å². The quantitative estimate of drug-likeness (QED) is 0.796. The second kappa shape index (κ2) is 8.92. The molecule has 1 amide bonds. The van der Waals surface area contributed by atoms with Crippen molar-refractivity contribution in [3.8, 4) is 5.75 Å². The fraction of sp³-hybridized carbons (Fsp3) is 0.556. The molecule has 0 radical (unpaired) electrons. The summed E-state index contributed by atoms with van der Waals surface area (Å²) >= 11 is 5.94. The first-order chi connectivity index (χ1) is 11.5. The molecule has 0 saturated heterocycles. The van der Waals surface area contributed by atoms with Gasteiger partial charge in [0, 0.05) is 6.04 Å². The number of amides is 1. The average Bonchev–Trinajstić information content (AvgIpc) is 2.56. The number of hydrogen-bond acceptors (Lipinski definition) is 4. The Hall–Kier alpha value is -1.75.